The Kier molecular flexibility index (Phi) is 5.30. The number of halogens is 1. The highest BCUT2D eigenvalue weighted by Gasteiger charge is 2.24. The van der Waals surface area contributed by atoms with Crippen molar-refractivity contribution in [1.29, 1.82) is 0 Å². The quantitative estimate of drug-likeness (QED) is 0.799. The van der Waals surface area contributed by atoms with Gasteiger partial charge in [0.1, 0.15) is 6.42 Å². The number of aromatic nitrogens is 2. The molecule has 3 rings (SSSR count). The molecule has 0 unspecified atom stereocenters. The molecule has 2 aromatic rings. The van der Waals surface area contributed by atoms with Crippen LogP contribution in [0.3, 0.4) is 0 Å². The SMILES string of the molecule is CC(C)N1CCN(C(=O)Cc2nnc(-c3cccc(Br)c3)o2)CC1. The van der Waals surface area contributed by atoms with Gasteiger partial charge in [0.2, 0.25) is 17.7 Å². The van der Waals surface area contributed by atoms with Gasteiger partial charge >= 0.3 is 0 Å². The van der Waals surface area contributed by atoms with Crippen LogP contribution in [-0.4, -0.2) is 58.1 Å². The second-order valence-corrected chi connectivity index (χ2v) is 7.11. The number of hydrogen-bond acceptors (Lipinski definition) is 5. The maximum atomic E-state index is 12.4. The minimum absolute atomic E-state index is 0.0443. The van der Waals surface area contributed by atoms with Gasteiger partial charge in [-0.05, 0) is 32.0 Å². The van der Waals surface area contributed by atoms with E-state index in [0.717, 1.165) is 36.2 Å². The Morgan fingerprint density at radius 3 is 2.67 bits per heavy atom. The van der Waals surface area contributed by atoms with Crippen molar-refractivity contribution < 1.29 is 9.21 Å². The van der Waals surface area contributed by atoms with Gasteiger partial charge in [-0.3, -0.25) is 9.69 Å². The Morgan fingerprint density at radius 1 is 1.25 bits per heavy atom. The van der Waals surface area contributed by atoms with Gasteiger partial charge in [0.25, 0.3) is 0 Å². The molecule has 6 nitrogen and oxygen atoms in total. The summed E-state index contributed by atoms with van der Waals surface area (Å²) in [6, 6.07) is 8.16. The summed E-state index contributed by atoms with van der Waals surface area (Å²) >= 11 is 3.42. The van der Waals surface area contributed by atoms with Gasteiger partial charge in [0.05, 0.1) is 0 Å². The molecule has 0 radical (unpaired) electrons. The number of nitrogens with zero attached hydrogens (tertiary/aromatic N) is 4. The van der Waals surface area contributed by atoms with Crippen LogP contribution in [0.5, 0.6) is 0 Å². The van der Waals surface area contributed by atoms with Crippen LogP contribution in [0, 0.1) is 0 Å². The van der Waals surface area contributed by atoms with Crippen molar-refractivity contribution in [2.24, 2.45) is 0 Å². The lowest BCUT2D eigenvalue weighted by atomic mass is 10.2. The Morgan fingerprint density at radius 2 is 2.00 bits per heavy atom. The van der Waals surface area contributed by atoms with Gasteiger partial charge in [-0.15, -0.1) is 10.2 Å². The molecule has 1 fully saturated rings. The molecule has 0 N–H and O–H groups in total. The molecular weight excluding hydrogens is 372 g/mol. The highest BCUT2D eigenvalue weighted by Crippen LogP contribution is 2.22. The van der Waals surface area contributed by atoms with E-state index in [1.54, 1.807) is 0 Å². The van der Waals surface area contributed by atoms with Crippen LogP contribution >= 0.6 is 15.9 Å². The van der Waals surface area contributed by atoms with Crippen molar-refractivity contribution in [3.63, 3.8) is 0 Å². The number of piperazine rings is 1. The molecule has 24 heavy (non-hydrogen) atoms. The lowest BCUT2D eigenvalue weighted by Crippen LogP contribution is -2.51. The molecule has 0 aliphatic carbocycles. The number of rotatable bonds is 4. The van der Waals surface area contributed by atoms with E-state index in [2.05, 4.69) is 44.9 Å². The first-order valence-corrected chi connectivity index (χ1v) is 8.92. The zero-order chi connectivity index (χ0) is 17.1. The van der Waals surface area contributed by atoms with E-state index in [1.807, 2.05) is 29.2 Å². The third kappa shape index (κ3) is 4.02. The molecule has 0 spiro atoms. The van der Waals surface area contributed by atoms with E-state index in [1.165, 1.54) is 0 Å². The van der Waals surface area contributed by atoms with Gasteiger partial charge in [-0.25, -0.2) is 0 Å². The number of carbonyl (C=O) groups is 1. The first-order valence-electron chi connectivity index (χ1n) is 8.13. The number of carbonyl (C=O) groups excluding carboxylic acids is 1. The lowest BCUT2D eigenvalue weighted by molar-refractivity contribution is -0.132. The Balaban J connectivity index is 1.60. The zero-order valence-corrected chi connectivity index (χ0v) is 15.5. The van der Waals surface area contributed by atoms with Crippen LogP contribution in [0.1, 0.15) is 19.7 Å². The molecule has 1 amide bonds. The summed E-state index contributed by atoms with van der Waals surface area (Å²) < 4.78 is 6.59. The summed E-state index contributed by atoms with van der Waals surface area (Å²) in [7, 11) is 0. The van der Waals surface area contributed by atoms with Crippen molar-refractivity contribution in [2.75, 3.05) is 26.2 Å². The van der Waals surface area contributed by atoms with Crippen LogP contribution in [-0.2, 0) is 11.2 Å². The summed E-state index contributed by atoms with van der Waals surface area (Å²) in [6.45, 7) is 7.69. The minimum Gasteiger partial charge on any atom is -0.420 e. The van der Waals surface area contributed by atoms with Crippen LogP contribution in [0.25, 0.3) is 11.5 Å². The average Bonchev–Trinajstić information content (AvgIpc) is 3.03. The third-order valence-electron chi connectivity index (χ3n) is 4.24. The van der Waals surface area contributed by atoms with Gasteiger partial charge < -0.3 is 9.32 Å². The number of amides is 1. The Bertz CT molecular complexity index is 708. The minimum atomic E-state index is 0.0443. The van der Waals surface area contributed by atoms with Crippen LogP contribution < -0.4 is 0 Å². The van der Waals surface area contributed by atoms with E-state index in [9.17, 15) is 4.79 Å². The summed E-state index contributed by atoms with van der Waals surface area (Å²) in [6.07, 6.45) is 0.155. The fourth-order valence-corrected chi connectivity index (χ4v) is 3.19. The van der Waals surface area contributed by atoms with E-state index in [-0.39, 0.29) is 12.3 Å². The van der Waals surface area contributed by atoms with Crippen LogP contribution in [0.4, 0.5) is 0 Å². The summed E-state index contributed by atoms with van der Waals surface area (Å²) in [5.41, 5.74) is 0.834. The Hall–Kier alpha value is -1.73. The van der Waals surface area contributed by atoms with Crippen LogP contribution in [0.2, 0.25) is 0 Å². The first kappa shape index (κ1) is 17.1. The molecule has 0 atom stereocenters. The second-order valence-electron chi connectivity index (χ2n) is 6.20. The topological polar surface area (TPSA) is 62.5 Å². The average molecular weight is 393 g/mol. The van der Waals surface area contributed by atoms with Crippen molar-refractivity contribution in [3.8, 4) is 11.5 Å². The van der Waals surface area contributed by atoms with Crippen LogP contribution in [0.15, 0.2) is 33.2 Å². The first-order chi connectivity index (χ1) is 11.5. The number of hydrogen-bond donors (Lipinski definition) is 0. The molecule has 1 aliphatic heterocycles. The maximum absolute atomic E-state index is 12.4. The largest absolute Gasteiger partial charge is 0.420 e. The Labute approximate surface area is 150 Å². The summed E-state index contributed by atoms with van der Waals surface area (Å²) in [5, 5.41) is 8.05. The highest BCUT2D eigenvalue weighted by atomic mass is 79.9. The summed E-state index contributed by atoms with van der Waals surface area (Å²) in [4.78, 5) is 16.7. The molecular formula is C17H21BrN4O2. The maximum Gasteiger partial charge on any atom is 0.247 e. The van der Waals surface area contributed by atoms with Crippen molar-refractivity contribution in [3.05, 3.63) is 34.6 Å². The van der Waals surface area contributed by atoms with E-state index < -0.39 is 0 Å². The predicted molar refractivity (Wildman–Crippen MR) is 94.4 cm³/mol. The second kappa shape index (κ2) is 7.44. The molecule has 0 bridgehead atoms. The van der Waals surface area contributed by atoms with Gasteiger partial charge in [-0.2, -0.15) is 0 Å². The summed E-state index contributed by atoms with van der Waals surface area (Å²) in [5.74, 6) is 0.841. The molecule has 2 heterocycles. The normalized spacial score (nSPS) is 15.9. The molecule has 1 aromatic heterocycles. The zero-order valence-electron chi connectivity index (χ0n) is 13.9. The fourth-order valence-electron chi connectivity index (χ4n) is 2.79. The third-order valence-corrected chi connectivity index (χ3v) is 4.73. The molecule has 0 saturated carbocycles. The van der Waals surface area contributed by atoms with E-state index >= 15 is 0 Å². The molecule has 1 saturated heterocycles. The smallest absolute Gasteiger partial charge is 0.247 e. The molecule has 1 aromatic carbocycles. The lowest BCUT2D eigenvalue weighted by Gasteiger charge is -2.36. The van der Waals surface area contributed by atoms with Crippen molar-refractivity contribution in [2.45, 2.75) is 26.3 Å². The highest BCUT2D eigenvalue weighted by molar-refractivity contribution is 9.10. The van der Waals surface area contributed by atoms with E-state index in [0.29, 0.717) is 17.8 Å². The monoisotopic (exact) mass is 392 g/mol. The van der Waals surface area contributed by atoms with Crippen molar-refractivity contribution >= 4 is 21.8 Å². The van der Waals surface area contributed by atoms with Gasteiger partial charge in [0.15, 0.2) is 0 Å². The molecule has 1 aliphatic rings. The van der Waals surface area contributed by atoms with Gasteiger partial charge in [-0.1, -0.05) is 22.0 Å². The van der Waals surface area contributed by atoms with Gasteiger partial charge in [0, 0.05) is 42.3 Å². The van der Waals surface area contributed by atoms with Crippen molar-refractivity contribution in [1.82, 2.24) is 20.0 Å². The molecule has 128 valence electrons. The molecule has 7 heteroatoms. The predicted octanol–water partition coefficient (Wildman–Crippen LogP) is 2.59. The van der Waals surface area contributed by atoms with E-state index in [4.69, 9.17) is 4.42 Å². The number of benzene rings is 1. The fraction of sp³-hybridized carbons (Fsp3) is 0.471. The standard InChI is InChI=1S/C17H21BrN4O2/c1-12(2)21-6-8-22(9-7-21)16(23)11-15-19-20-17(24-15)13-4-3-5-14(18)10-13/h3-5,10,12H,6-9,11H2,1-2H3.